The highest BCUT2D eigenvalue weighted by Crippen LogP contribution is 2.95. The van der Waals surface area contributed by atoms with Gasteiger partial charge in [0.1, 0.15) is 0 Å². The van der Waals surface area contributed by atoms with Crippen molar-refractivity contribution in [1.29, 1.82) is 0 Å². The molecule has 0 bridgehead atoms. The van der Waals surface area contributed by atoms with Crippen LogP contribution in [0, 0.1) is 0 Å². The van der Waals surface area contributed by atoms with Crippen molar-refractivity contribution in [3.05, 3.63) is 146 Å². The van der Waals surface area contributed by atoms with Gasteiger partial charge < -0.3 is 4.74 Å². The number of rotatable bonds is 5. The van der Waals surface area contributed by atoms with Gasteiger partial charge in [-0.05, 0) is 217 Å². The van der Waals surface area contributed by atoms with Crippen molar-refractivity contribution in [2.24, 2.45) is 0 Å². The molecular weight excluding hydrogens is 753 g/mol. The molecule has 5 unspecified atom stereocenters. The van der Waals surface area contributed by atoms with E-state index < -0.39 is 0 Å². The molecule has 13 aromatic carbocycles. The molecule has 0 N–H and O–H groups in total. The maximum Gasteiger partial charge on any atom is 0.305 e. The van der Waals surface area contributed by atoms with Crippen LogP contribution in [0.5, 0.6) is 0 Å². The Morgan fingerprint density at radius 3 is 1.95 bits per heavy atom. The molecule has 9 aliphatic rings. The number of hydrogen-bond acceptors (Lipinski definition) is 2. The first kappa shape index (κ1) is 28.0. The first-order valence-corrected chi connectivity index (χ1v) is 23.2. The van der Waals surface area contributed by atoms with Crippen molar-refractivity contribution in [3.63, 3.8) is 0 Å². The molecule has 0 heterocycles. The van der Waals surface area contributed by atoms with E-state index in [9.17, 15) is 4.79 Å². The monoisotopic (exact) mass is 780 g/mol. The van der Waals surface area contributed by atoms with E-state index in [0.717, 1.165) is 25.7 Å². The van der Waals surface area contributed by atoms with Gasteiger partial charge in [-0.15, -0.1) is 0 Å². The molecule has 1 fully saturated rings. The SMILES string of the molecule is COC(=O)CCCC1(c2ccccc2)C23C4=C5C=CC6c7c5c2c2c5c8c9c(cc%10c%11c%12c(cc%13cc%14c%15c%16c(cc6c6c7c2c2c5c(c9%11)c5c%12c%13c%15c5c2c6%16)C%14)C%10)C(C=C4)C813. The zero-order chi connectivity index (χ0) is 38.9. The fraction of sp³-hybridized carbons (Fsp3) is 0.183. The van der Waals surface area contributed by atoms with Gasteiger partial charge in [-0.3, -0.25) is 4.79 Å². The van der Waals surface area contributed by atoms with Gasteiger partial charge in [0.05, 0.1) is 7.11 Å². The van der Waals surface area contributed by atoms with Crippen LogP contribution in [0.15, 0.2) is 84.5 Å². The number of benzene rings is 11. The number of esters is 1. The van der Waals surface area contributed by atoms with E-state index in [4.69, 9.17) is 4.74 Å². The number of methoxy groups -OCH3 is 1. The van der Waals surface area contributed by atoms with Crippen LogP contribution in [0.1, 0.15) is 92.3 Å². The number of carbonyl (C=O) groups is 1. The lowest BCUT2D eigenvalue weighted by Crippen LogP contribution is -2.30. The third-order valence-electron chi connectivity index (χ3n) is 20.6. The Morgan fingerprint density at radius 1 is 0.613 bits per heavy atom. The Bertz CT molecular complexity index is 4760. The van der Waals surface area contributed by atoms with Gasteiger partial charge in [0.15, 0.2) is 0 Å². The normalized spacial score (nSPS) is 27.6. The third kappa shape index (κ3) is 1.92. The summed E-state index contributed by atoms with van der Waals surface area (Å²) >= 11 is 0. The first-order valence-electron chi connectivity index (χ1n) is 23.2. The van der Waals surface area contributed by atoms with Gasteiger partial charge in [0.25, 0.3) is 0 Å². The van der Waals surface area contributed by atoms with E-state index in [1.807, 2.05) is 0 Å². The van der Waals surface area contributed by atoms with E-state index in [-0.39, 0.29) is 34.1 Å². The molecule has 0 aromatic heterocycles. The predicted octanol–water partition coefficient (Wildman–Crippen LogP) is 13.5. The summed E-state index contributed by atoms with van der Waals surface area (Å²) < 4.78 is 5.38. The van der Waals surface area contributed by atoms with Crippen molar-refractivity contribution >= 4 is 130 Å². The van der Waals surface area contributed by atoms with Crippen LogP contribution < -0.4 is 0 Å². The Kier molecular flexibility index (Phi) is 3.33. The minimum absolute atomic E-state index is 0.0951. The van der Waals surface area contributed by atoms with Gasteiger partial charge in [-0.2, -0.15) is 0 Å². The highest BCUT2D eigenvalue weighted by atomic mass is 16.5. The summed E-state index contributed by atoms with van der Waals surface area (Å²) in [4.78, 5) is 13.1. The van der Waals surface area contributed by atoms with Crippen molar-refractivity contribution in [2.75, 3.05) is 7.11 Å². The van der Waals surface area contributed by atoms with Gasteiger partial charge >= 0.3 is 5.97 Å². The standard InChI is InChI=1S/C60H28O2/c1-62-32(61)8-5-13-58(25-6-3-2-4-7-25)59-30-11-12-31-29-19-24-17-21-15-22-14-20-16-23-18-28-26-9-10-27(30)40-38(26)46-39(28)44-35(23)33(20)42-37(22)43-34(21)36(24)45-41(29)57(60(31,58)59)55-53-50(45)48(43)47(42)49(44)51(53)52(46)54(55)56(40)59/h2-4,6-7,9-12,14-15,18-19,26,31H,5,8,13,16-17H2,1H3. The summed E-state index contributed by atoms with van der Waals surface area (Å²) in [6, 6.07) is 22.5. The second-order valence-electron chi connectivity index (χ2n) is 21.6. The number of hydrogen-bond donors (Lipinski definition) is 0. The van der Waals surface area contributed by atoms with E-state index in [0.29, 0.717) is 6.42 Å². The van der Waals surface area contributed by atoms with E-state index in [1.165, 1.54) is 16.5 Å². The zero-order valence-corrected chi connectivity index (χ0v) is 33.5. The first-order chi connectivity index (χ1) is 30.7. The minimum atomic E-state index is -0.246. The van der Waals surface area contributed by atoms with Gasteiger partial charge in [-0.1, -0.05) is 78.9 Å². The maximum atomic E-state index is 13.1. The molecule has 0 aliphatic heterocycles. The molecule has 0 radical (unpaired) electrons. The maximum absolute atomic E-state index is 13.1. The second-order valence-corrected chi connectivity index (χ2v) is 21.6. The molecule has 2 spiro atoms. The molecule has 1 saturated carbocycles. The number of ether oxygens (including phenoxy) is 1. The fourth-order valence-electron chi connectivity index (χ4n) is 19.9. The quantitative estimate of drug-likeness (QED) is 0.0988. The van der Waals surface area contributed by atoms with E-state index >= 15 is 0 Å². The predicted molar refractivity (Wildman–Crippen MR) is 250 cm³/mol. The van der Waals surface area contributed by atoms with Crippen LogP contribution in [0.3, 0.4) is 0 Å². The molecule has 13 aromatic rings. The molecule has 280 valence electrons. The average Bonchev–Trinajstić information content (AvgIpc) is 4.05. The topological polar surface area (TPSA) is 26.3 Å². The van der Waals surface area contributed by atoms with Crippen LogP contribution in [0.4, 0.5) is 0 Å². The number of allylic oxidation sites excluding steroid dienone is 6. The molecular formula is C60H28O2. The van der Waals surface area contributed by atoms with Crippen LogP contribution in [0.2, 0.25) is 0 Å². The average molecular weight is 781 g/mol. The zero-order valence-electron chi connectivity index (χ0n) is 33.5. The molecule has 0 saturated heterocycles. The van der Waals surface area contributed by atoms with Crippen molar-refractivity contribution in [2.45, 2.75) is 60.2 Å². The van der Waals surface area contributed by atoms with Gasteiger partial charge in [-0.25, -0.2) is 0 Å². The van der Waals surface area contributed by atoms with E-state index in [1.54, 1.807) is 181 Å². The van der Waals surface area contributed by atoms with Crippen molar-refractivity contribution < 1.29 is 9.53 Å². The Morgan fingerprint density at radius 2 is 1.23 bits per heavy atom. The van der Waals surface area contributed by atoms with Crippen molar-refractivity contribution in [1.82, 2.24) is 0 Å². The summed E-state index contributed by atoms with van der Waals surface area (Å²) in [5, 5.41) is 34.9. The molecule has 5 atom stereocenters. The summed E-state index contributed by atoms with van der Waals surface area (Å²) in [5.74, 6) is 0.395. The summed E-state index contributed by atoms with van der Waals surface area (Å²) in [5.41, 5.74) is 19.7. The molecule has 62 heavy (non-hydrogen) atoms. The molecule has 9 aliphatic carbocycles. The molecule has 22 rings (SSSR count). The molecule has 2 nitrogen and oxygen atoms in total. The molecule has 2 heteroatoms. The fourth-order valence-corrected chi connectivity index (χ4v) is 19.9. The summed E-state index contributed by atoms with van der Waals surface area (Å²) in [7, 11) is 1.56. The number of fused-ring (bicyclic) bond motifs is 2. The van der Waals surface area contributed by atoms with E-state index in [2.05, 4.69) is 78.9 Å². The summed E-state index contributed by atoms with van der Waals surface area (Å²) in [6.07, 6.45) is 14.8. The van der Waals surface area contributed by atoms with Crippen molar-refractivity contribution in [3.8, 4) is 0 Å². The lowest BCUT2D eigenvalue weighted by Gasteiger charge is -2.34. The van der Waals surface area contributed by atoms with Gasteiger partial charge in [0, 0.05) is 34.5 Å². The van der Waals surface area contributed by atoms with Crippen LogP contribution >= 0.6 is 0 Å². The van der Waals surface area contributed by atoms with Crippen LogP contribution in [-0.2, 0) is 38.6 Å². The van der Waals surface area contributed by atoms with Crippen LogP contribution in [-0.4, -0.2) is 13.1 Å². The highest BCUT2D eigenvalue weighted by Gasteiger charge is 2.94. The van der Waals surface area contributed by atoms with Gasteiger partial charge in [0.2, 0.25) is 0 Å². The Balaban J connectivity index is 1.12. The Labute approximate surface area is 351 Å². The second kappa shape index (κ2) is 7.39. The summed E-state index contributed by atoms with van der Waals surface area (Å²) in [6.45, 7) is 0. The number of carbonyl (C=O) groups excluding carboxylic acids is 1. The smallest absolute Gasteiger partial charge is 0.305 e. The Hall–Kier alpha value is -6.77. The largest absolute Gasteiger partial charge is 0.469 e. The third-order valence-corrected chi connectivity index (χ3v) is 20.6. The van der Waals surface area contributed by atoms with Crippen LogP contribution in [0.25, 0.3) is 124 Å². The lowest BCUT2D eigenvalue weighted by atomic mass is 9.67. The molecule has 0 amide bonds. The minimum Gasteiger partial charge on any atom is -0.469 e. The highest BCUT2D eigenvalue weighted by molar-refractivity contribution is 6.64. The lowest BCUT2D eigenvalue weighted by molar-refractivity contribution is -0.140.